The second kappa shape index (κ2) is 8.46. The zero-order valence-corrected chi connectivity index (χ0v) is 16.4. The fraction of sp³-hybridized carbons (Fsp3) is 0.286. The zero-order chi connectivity index (χ0) is 20.1. The Kier molecular flexibility index (Phi) is 6.02. The average molecular weight is 398 g/mol. The molecule has 0 unspecified atom stereocenters. The average Bonchev–Trinajstić information content (AvgIpc) is 2.74. The number of piperidine rings is 1. The van der Waals surface area contributed by atoms with Crippen LogP contribution >= 0.6 is 0 Å². The predicted molar refractivity (Wildman–Crippen MR) is 107 cm³/mol. The minimum atomic E-state index is -3.58. The zero-order valence-electron chi connectivity index (χ0n) is 15.6. The van der Waals surface area contributed by atoms with Crippen LogP contribution in [0.2, 0.25) is 0 Å². The van der Waals surface area contributed by atoms with Gasteiger partial charge in [-0.1, -0.05) is 12.0 Å². The number of methoxy groups -OCH3 is 1. The van der Waals surface area contributed by atoms with Crippen molar-refractivity contribution in [1.29, 1.82) is 0 Å². The molecular formula is C21H22N2O4S. The Labute approximate surface area is 165 Å². The van der Waals surface area contributed by atoms with Crippen LogP contribution in [-0.2, 0) is 14.8 Å². The van der Waals surface area contributed by atoms with Crippen molar-refractivity contribution >= 4 is 21.6 Å². The van der Waals surface area contributed by atoms with Gasteiger partial charge in [-0.3, -0.25) is 4.79 Å². The van der Waals surface area contributed by atoms with Crippen LogP contribution in [0, 0.1) is 18.3 Å². The number of sulfonamides is 1. The van der Waals surface area contributed by atoms with Crippen molar-refractivity contribution < 1.29 is 17.9 Å². The lowest BCUT2D eigenvalue weighted by Gasteiger charge is -2.30. The maximum Gasteiger partial charge on any atom is 0.243 e. The summed E-state index contributed by atoms with van der Waals surface area (Å²) in [5.74, 6) is 2.78. The normalized spacial score (nSPS) is 15.6. The molecule has 1 N–H and O–H groups in total. The maximum absolute atomic E-state index is 12.8. The number of hydrogen-bond acceptors (Lipinski definition) is 4. The molecular weight excluding hydrogens is 376 g/mol. The Balaban J connectivity index is 1.61. The first-order valence-electron chi connectivity index (χ1n) is 8.96. The van der Waals surface area contributed by atoms with Gasteiger partial charge in [0.25, 0.3) is 0 Å². The summed E-state index contributed by atoms with van der Waals surface area (Å²) in [6.07, 6.45) is 6.32. The molecule has 2 aromatic carbocycles. The number of nitrogens with zero attached hydrogens (tertiary/aromatic N) is 1. The van der Waals surface area contributed by atoms with Crippen molar-refractivity contribution in [2.24, 2.45) is 5.92 Å². The number of carbonyl (C=O) groups is 1. The molecule has 0 spiro atoms. The van der Waals surface area contributed by atoms with Gasteiger partial charge in [0.1, 0.15) is 5.75 Å². The SMILES string of the molecule is C#Cc1cccc(NC(=O)C2CCN(S(=O)(=O)c3ccc(OC)cc3)CC2)c1. The minimum absolute atomic E-state index is 0.115. The van der Waals surface area contributed by atoms with Crippen LogP contribution in [0.1, 0.15) is 18.4 Å². The maximum atomic E-state index is 12.8. The predicted octanol–water partition coefficient (Wildman–Crippen LogP) is 2.72. The van der Waals surface area contributed by atoms with Crippen LogP contribution in [-0.4, -0.2) is 38.8 Å². The highest BCUT2D eigenvalue weighted by Gasteiger charge is 2.32. The smallest absolute Gasteiger partial charge is 0.243 e. The number of benzene rings is 2. The molecule has 1 fully saturated rings. The number of nitrogens with one attached hydrogen (secondary N) is 1. The van der Waals surface area contributed by atoms with Crippen LogP contribution in [0.4, 0.5) is 5.69 Å². The highest BCUT2D eigenvalue weighted by atomic mass is 32.2. The van der Waals surface area contributed by atoms with Crippen LogP contribution in [0.3, 0.4) is 0 Å². The molecule has 1 aliphatic heterocycles. The van der Waals surface area contributed by atoms with E-state index in [9.17, 15) is 13.2 Å². The van der Waals surface area contributed by atoms with Crippen LogP contribution in [0.25, 0.3) is 0 Å². The van der Waals surface area contributed by atoms with Gasteiger partial charge in [-0.2, -0.15) is 4.31 Å². The first kappa shape index (κ1) is 19.9. The van der Waals surface area contributed by atoms with E-state index in [2.05, 4.69) is 11.2 Å². The lowest BCUT2D eigenvalue weighted by atomic mass is 9.97. The summed E-state index contributed by atoms with van der Waals surface area (Å²) in [6.45, 7) is 0.605. The molecule has 0 saturated carbocycles. The van der Waals surface area contributed by atoms with E-state index in [1.807, 2.05) is 0 Å². The van der Waals surface area contributed by atoms with Gasteiger partial charge in [-0.25, -0.2) is 8.42 Å². The molecule has 0 radical (unpaired) electrons. The summed E-state index contributed by atoms with van der Waals surface area (Å²) in [5, 5.41) is 2.87. The molecule has 1 amide bonds. The van der Waals surface area contributed by atoms with Crippen LogP contribution in [0.15, 0.2) is 53.4 Å². The van der Waals surface area contributed by atoms with Gasteiger partial charge in [0.2, 0.25) is 15.9 Å². The second-order valence-electron chi connectivity index (χ2n) is 6.57. The Morgan fingerprint density at radius 3 is 2.46 bits per heavy atom. The fourth-order valence-corrected chi connectivity index (χ4v) is 4.66. The molecule has 146 valence electrons. The van der Waals surface area contributed by atoms with Crippen LogP contribution < -0.4 is 10.1 Å². The third-order valence-corrected chi connectivity index (χ3v) is 6.73. The number of hydrogen-bond donors (Lipinski definition) is 1. The van der Waals surface area contributed by atoms with Crippen molar-refractivity contribution in [3.05, 3.63) is 54.1 Å². The summed E-state index contributed by atoms with van der Waals surface area (Å²) in [5.41, 5.74) is 1.34. The Bertz CT molecular complexity index is 986. The quantitative estimate of drug-likeness (QED) is 0.786. The minimum Gasteiger partial charge on any atom is -0.497 e. The highest BCUT2D eigenvalue weighted by Crippen LogP contribution is 2.26. The molecule has 7 heteroatoms. The van der Waals surface area contributed by atoms with E-state index in [4.69, 9.17) is 11.2 Å². The van der Waals surface area contributed by atoms with Crippen molar-refractivity contribution in [2.75, 3.05) is 25.5 Å². The summed E-state index contributed by atoms with van der Waals surface area (Å²) < 4.78 is 32.1. The number of anilines is 1. The van der Waals surface area contributed by atoms with Gasteiger partial charge in [-0.05, 0) is 55.3 Å². The van der Waals surface area contributed by atoms with Gasteiger partial charge < -0.3 is 10.1 Å². The van der Waals surface area contributed by atoms with E-state index in [-0.39, 0.29) is 16.7 Å². The van der Waals surface area contributed by atoms with E-state index in [1.165, 1.54) is 23.5 Å². The van der Waals surface area contributed by atoms with E-state index in [1.54, 1.807) is 36.4 Å². The molecule has 1 saturated heterocycles. The number of amides is 1. The Hall–Kier alpha value is -2.82. The molecule has 6 nitrogen and oxygen atoms in total. The second-order valence-corrected chi connectivity index (χ2v) is 8.51. The summed E-state index contributed by atoms with van der Waals surface area (Å²) in [4.78, 5) is 12.7. The summed E-state index contributed by atoms with van der Waals surface area (Å²) in [6, 6.07) is 13.4. The molecule has 1 heterocycles. The van der Waals surface area contributed by atoms with Gasteiger partial charge in [0, 0.05) is 30.3 Å². The first-order chi connectivity index (χ1) is 13.4. The van der Waals surface area contributed by atoms with Gasteiger partial charge in [0.05, 0.1) is 12.0 Å². The van der Waals surface area contributed by atoms with Gasteiger partial charge in [0.15, 0.2) is 0 Å². The van der Waals surface area contributed by atoms with E-state index in [0.29, 0.717) is 42.9 Å². The van der Waals surface area contributed by atoms with Crippen molar-refractivity contribution in [3.8, 4) is 18.1 Å². The summed E-state index contributed by atoms with van der Waals surface area (Å²) >= 11 is 0. The fourth-order valence-electron chi connectivity index (χ4n) is 3.19. The lowest BCUT2D eigenvalue weighted by Crippen LogP contribution is -2.41. The molecule has 0 aliphatic carbocycles. The molecule has 28 heavy (non-hydrogen) atoms. The Morgan fingerprint density at radius 1 is 1.18 bits per heavy atom. The van der Waals surface area contributed by atoms with Crippen LogP contribution in [0.5, 0.6) is 5.75 Å². The molecule has 1 aliphatic rings. The van der Waals surface area contributed by atoms with Crippen molar-refractivity contribution in [2.45, 2.75) is 17.7 Å². The van der Waals surface area contributed by atoms with E-state index in [0.717, 1.165) is 0 Å². The summed E-state index contributed by atoms with van der Waals surface area (Å²) in [7, 11) is -2.05. The monoisotopic (exact) mass is 398 g/mol. The third kappa shape index (κ3) is 4.35. The van der Waals surface area contributed by atoms with E-state index < -0.39 is 10.0 Å². The molecule has 3 rings (SSSR count). The lowest BCUT2D eigenvalue weighted by molar-refractivity contribution is -0.120. The number of terminal acetylenes is 1. The number of ether oxygens (including phenoxy) is 1. The highest BCUT2D eigenvalue weighted by molar-refractivity contribution is 7.89. The first-order valence-corrected chi connectivity index (χ1v) is 10.4. The van der Waals surface area contributed by atoms with Gasteiger partial charge >= 0.3 is 0 Å². The molecule has 0 aromatic heterocycles. The standard InChI is InChI=1S/C21H22N2O4S/c1-3-16-5-4-6-18(15-16)22-21(24)17-11-13-23(14-12-17)28(25,26)20-9-7-19(27-2)8-10-20/h1,4-10,15,17H,11-14H2,2H3,(H,22,24). The number of carbonyl (C=O) groups excluding carboxylic acids is 1. The molecule has 2 aromatic rings. The Morgan fingerprint density at radius 2 is 1.86 bits per heavy atom. The number of rotatable bonds is 5. The van der Waals surface area contributed by atoms with E-state index >= 15 is 0 Å². The topological polar surface area (TPSA) is 75.7 Å². The van der Waals surface area contributed by atoms with Crippen molar-refractivity contribution in [3.63, 3.8) is 0 Å². The van der Waals surface area contributed by atoms with Crippen molar-refractivity contribution in [1.82, 2.24) is 4.31 Å². The van der Waals surface area contributed by atoms with Gasteiger partial charge in [-0.15, -0.1) is 6.42 Å². The largest absolute Gasteiger partial charge is 0.497 e. The third-order valence-electron chi connectivity index (χ3n) is 4.82. The molecule has 0 atom stereocenters. The molecule has 0 bridgehead atoms.